The van der Waals surface area contributed by atoms with E-state index in [4.69, 9.17) is 11.6 Å². The van der Waals surface area contributed by atoms with Crippen LogP contribution >= 0.6 is 36.4 Å². The maximum Gasteiger partial charge on any atom is 0.222 e. The molecule has 0 aliphatic carbocycles. The minimum absolute atomic E-state index is 0. The van der Waals surface area contributed by atoms with Crippen LogP contribution in [0.25, 0.3) is 0 Å². The molecular formula is C21H32Cl3N3O. The van der Waals surface area contributed by atoms with Crippen molar-refractivity contribution in [2.75, 3.05) is 26.2 Å². The summed E-state index contributed by atoms with van der Waals surface area (Å²) in [7, 11) is 0. The van der Waals surface area contributed by atoms with Gasteiger partial charge in [-0.15, -0.1) is 24.8 Å². The highest BCUT2D eigenvalue weighted by Crippen LogP contribution is 2.33. The van der Waals surface area contributed by atoms with Gasteiger partial charge in [-0.1, -0.05) is 23.7 Å². The van der Waals surface area contributed by atoms with Gasteiger partial charge < -0.3 is 10.2 Å². The number of piperazine rings is 1. The number of carbonyl (C=O) groups excluding carboxylic acids is 1. The van der Waals surface area contributed by atoms with Gasteiger partial charge in [-0.3, -0.25) is 9.69 Å². The summed E-state index contributed by atoms with van der Waals surface area (Å²) in [6, 6.07) is 9.83. The first-order chi connectivity index (χ1) is 12.6. The van der Waals surface area contributed by atoms with Crippen LogP contribution in [-0.4, -0.2) is 54.0 Å². The zero-order valence-corrected chi connectivity index (χ0v) is 18.9. The fraction of sp³-hybridized carbons (Fsp3) is 0.667. The fourth-order valence-corrected chi connectivity index (χ4v) is 5.15. The minimum atomic E-state index is 0. The Morgan fingerprint density at radius 2 is 1.64 bits per heavy atom. The predicted molar refractivity (Wildman–Crippen MR) is 120 cm³/mol. The molecule has 0 radical (unpaired) electrons. The summed E-state index contributed by atoms with van der Waals surface area (Å²) in [5.41, 5.74) is 1.29. The Labute approximate surface area is 186 Å². The summed E-state index contributed by atoms with van der Waals surface area (Å²) >= 11 is 6.00. The standard InChI is InChI=1S/C21H30ClN3O.2ClH/c1-15(17-2-4-18(22)5-3-17)24-8-10-25(11-9-24)21(26)14-16-12-19-6-7-20(13-16)23-19;;/h2-5,15-16,19-20,23H,6-14H2,1H3;2*1H. The summed E-state index contributed by atoms with van der Waals surface area (Å²) in [6.45, 7) is 5.86. The fourth-order valence-electron chi connectivity index (χ4n) is 5.03. The zero-order chi connectivity index (χ0) is 18.1. The van der Waals surface area contributed by atoms with E-state index >= 15 is 0 Å². The van der Waals surface area contributed by atoms with Gasteiger partial charge in [0.25, 0.3) is 0 Å². The van der Waals surface area contributed by atoms with Gasteiger partial charge in [-0.05, 0) is 56.2 Å². The molecule has 1 amide bonds. The molecule has 3 heterocycles. The molecule has 2 bridgehead atoms. The lowest BCUT2D eigenvalue weighted by Gasteiger charge is -2.39. The average molecular weight is 449 g/mol. The Kier molecular flexibility index (Phi) is 8.90. The molecule has 0 saturated carbocycles. The van der Waals surface area contributed by atoms with Crippen LogP contribution in [0.3, 0.4) is 0 Å². The van der Waals surface area contributed by atoms with Crippen molar-refractivity contribution in [2.45, 2.75) is 57.2 Å². The number of nitrogens with one attached hydrogen (secondary N) is 1. The highest BCUT2D eigenvalue weighted by molar-refractivity contribution is 6.30. The second kappa shape index (κ2) is 10.5. The minimum Gasteiger partial charge on any atom is -0.340 e. The quantitative estimate of drug-likeness (QED) is 0.745. The predicted octanol–water partition coefficient (Wildman–Crippen LogP) is 4.31. The first-order valence-electron chi connectivity index (χ1n) is 10.1. The van der Waals surface area contributed by atoms with Gasteiger partial charge in [0.05, 0.1) is 0 Å². The van der Waals surface area contributed by atoms with E-state index in [1.807, 2.05) is 12.1 Å². The molecule has 4 nitrogen and oxygen atoms in total. The number of piperidine rings is 1. The lowest BCUT2D eigenvalue weighted by atomic mass is 9.89. The normalized spacial score (nSPS) is 28.2. The average Bonchev–Trinajstić information content (AvgIpc) is 3.00. The molecule has 1 N–H and O–H groups in total. The molecule has 3 fully saturated rings. The summed E-state index contributed by atoms with van der Waals surface area (Å²) in [5.74, 6) is 0.961. The maximum absolute atomic E-state index is 12.8. The Hall–Kier alpha value is -0.520. The topological polar surface area (TPSA) is 35.6 Å². The number of amides is 1. The molecule has 3 atom stereocenters. The number of rotatable bonds is 4. The van der Waals surface area contributed by atoms with Gasteiger partial charge in [0.15, 0.2) is 0 Å². The molecule has 158 valence electrons. The summed E-state index contributed by atoms with van der Waals surface area (Å²) in [4.78, 5) is 17.3. The van der Waals surface area contributed by atoms with E-state index in [0.29, 0.717) is 30.0 Å². The molecule has 1 aromatic carbocycles. The molecule has 0 aromatic heterocycles. The third kappa shape index (κ3) is 5.54. The van der Waals surface area contributed by atoms with E-state index < -0.39 is 0 Å². The van der Waals surface area contributed by atoms with Crippen LogP contribution in [0, 0.1) is 5.92 Å². The Balaban J connectivity index is 0.00000140. The lowest BCUT2D eigenvalue weighted by Crippen LogP contribution is -2.50. The third-order valence-corrected chi connectivity index (χ3v) is 6.85. The van der Waals surface area contributed by atoms with Gasteiger partial charge in [0, 0.05) is 55.7 Å². The molecule has 7 heteroatoms. The van der Waals surface area contributed by atoms with Crippen molar-refractivity contribution in [3.05, 3.63) is 34.9 Å². The van der Waals surface area contributed by atoms with Crippen LogP contribution in [0.5, 0.6) is 0 Å². The smallest absolute Gasteiger partial charge is 0.222 e. The Bertz CT molecular complexity index is 622. The van der Waals surface area contributed by atoms with Crippen LogP contribution in [0.4, 0.5) is 0 Å². The highest BCUT2D eigenvalue weighted by Gasteiger charge is 2.35. The molecule has 1 aromatic rings. The Morgan fingerprint density at radius 3 is 2.21 bits per heavy atom. The van der Waals surface area contributed by atoms with Gasteiger partial charge in [-0.25, -0.2) is 0 Å². The van der Waals surface area contributed by atoms with E-state index in [9.17, 15) is 4.79 Å². The van der Waals surface area contributed by atoms with Crippen LogP contribution in [0.15, 0.2) is 24.3 Å². The first kappa shape index (κ1) is 23.8. The molecule has 28 heavy (non-hydrogen) atoms. The molecule has 3 saturated heterocycles. The van der Waals surface area contributed by atoms with E-state index in [-0.39, 0.29) is 24.8 Å². The van der Waals surface area contributed by atoms with Gasteiger partial charge in [0.2, 0.25) is 5.91 Å². The molecule has 4 rings (SSSR count). The number of benzene rings is 1. The van der Waals surface area contributed by atoms with Crippen LogP contribution in [0.1, 0.15) is 50.6 Å². The molecule has 0 spiro atoms. The molecular weight excluding hydrogens is 417 g/mol. The Morgan fingerprint density at radius 1 is 1.07 bits per heavy atom. The van der Waals surface area contributed by atoms with E-state index in [1.165, 1.54) is 31.2 Å². The van der Waals surface area contributed by atoms with Crippen molar-refractivity contribution in [1.82, 2.24) is 15.1 Å². The largest absolute Gasteiger partial charge is 0.340 e. The summed E-state index contributed by atoms with van der Waals surface area (Å²) in [5, 5.41) is 4.45. The van der Waals surface area contributed by atoms with Crippen molar-refractivity contribution in [1.29, 1.82) is 0 Å². The van der Waals surface area contributed by atoms with Gasteiger partial charge >= 0.3 is 0 Å². The van der Waals surface area contributed by atoms with Crippen LogP contribution in [0.2, 0.25) is 5.02 Å². The number of hydrogen-bond acceptors (Lipinski definition) is 3. The van der Waals surface area contributed by atoms with Crippen LogP contribution < -0.4 is 5.32 Å². The number of nitrogens with zero attached hydrogens (tertiary/aromatic N) is 2. The molecule has 3 aliphatic heterocycles. The van der Waals surface area contributed by atoms with Crippen molar-refractivity contribution in [3.63, 3.8) is 0 Å². The lowest BCUT2D eigenvalue weighted by molar-refractivity contribution is -0.134. The number of halogens is 3. The van der Waals surface area contributed by atoms with E-state index in [0.717, 1.165) is 37.6 Å². The summed E-state index contributed by atoms with van der Waals surface area (Å²) < 4.78 is 0. The zero-order valence-electron chi connectivity index (χ0n) is 16.5. The second-order valence-corrected chi connectivity index (χ2v) is 8.76. The van der Waals surface area contributed by atoms with Crippen molar-refractivity contribution in [2.24, 2.45) is 5.92 Å². The molecule has 3 unspecified atom stereocenters. The van der Waals surface area contributed by atoms with Gasteiger partial charge in [-0.2, -0.15) is 0 Å². The van der Waals surface area contributed by atoms with E-state index in [2.05, 4.69) is 34.2 Å². The molecule has 3 aliphatic rings. The third-order valence-electron chi connectivity index (χ3n) is 6.60. The first-order valence-corrected chi connectivity index (χ1v) is 10.5. The second-order valence-electron chi connectivity index (χ2n) is 8.32. The summed E-state index contributed by atoms with van der Waals surface area (Å²) in [6.07, 6.45) is 5.74. The highest BCUT2D eigenvalue weighted by atomic mass is 35.5. The number of fused-ring (bicyclic) bond motifs is 2. The van der Waals surface area contributed by atoms with Crippen molar-refractivity contribution >= 4 is 42.3 Å². The SMILES string of the molecule is CC(c1ccc(Cl)cc1)N1CCN(C(=O)CC2CC3CCC(C2)N3)CC1.Cl.Cl. The number of hydrogen-bond donors (Lipinski definition) is 1. The monoisotopic (exact) mass is 447 g/mol. The number of carbonyl (C=O) groups is 1. The maximum atomic E-state index is 12.8. The van der Waals surface area contributed by atoms with Gasteiger partial charge in [0.1, 0.15) is 0 Å². The van der Waals surface area contributed by atoms with Crippen molar-refractivity contribution < 1.29 is 4.79 Å². The van der Waals surface area contributed by atoms with Crippen LogP contribution in [-0.2, 0) is 4.79 Å². The van der Waals surface area contributed by atoms with E-state index in [1.54, 1.807) is 0 Å². The van der Waals surface area contributed by atoms with Crippen molar-refractivity contribution in [3.8, 4) is 0 Å².